The highest BCUT2D eigenvalue weighted by Crippen LogP contribution is 2.35. The van der Waals surface area contributed by atoms with Gasteiger partial charge in [0.15, 0.2) is 17.8 Å². The molecular weight excluding hydrogens is 424 g/mol. The van der Waals surface area contributed by atoms with Crippen LogP contribution in [-0.2, 0) is 16.0 Å². The van der Waals surface area contributed by atoms with Gasteiger partial charge in [-0.2, -0.15) is 0 Å². The highest BCUT2D eigenvalue weighted by atomic mass is 19.1. The van der Waals surface area contributed by atoms with Crippen molar-refractivity contribution in [1.29, 1.82) is 0 Å². The molecule has 0 saturated carbocycles. The Morgan fingerprint density at radius 1 is 1.31 bits per heavy atom. The first kappa shape index (κ1) is 20.6. The van der Waals surface area contributed by atoms with E-state index in [1.165, 1.54) is 12.3 Å². The average molecular weight is 445 g/mol. The summed E-state index contributed by atoms with van der Waals surface area (Å²) in [6.07, 6.45) is 0.282. The third-order valence-electron chi connectivity index (χ3n) is 5.98. The van der Waals surface area contributed by atoms with Crippen LogP contribution >= 0.6 is 0 Å². The summed E-state index contributed by atoms with van der Waals surface area (Å²) in [5, 5.41) is 29.3. The summed E-state index contributed by atoms with van der Waals surface area (Å²) in [5.41, 5.74) is 0.431. The summed E-state index contributed by atoms with van der Waals surface area (Å²) >= 11 is 0. The maximum Gasteiger partial charge on any atom is 0.276 e. The van der Waals surface area contributed by atoms with E-state index in [9.17, 15) is 23.8 Å². The van der Waals surface area contributed by atoms with E-state index >= 15 is 0 Å². The molecule has 3 aliphatic heterocycles. The van der Waals surface area contributed by atoms with Crippen LogP contribution in [0.1, 0.15) is 30.6 Å². The van der Waals surface area contributed by atoms with Gasteiger partial charge in [0.1, 0.15) is 29.3 Å². The molecular formula is C21H21F2N5O4. The van der Waals surface area contributed by atoms with Crippen LogP contribution in [0.2, 0.25) is 0 Å². The van der Waals surface area contributed by atoms with Crippen molar-refractivity contribution in [2.45, 2.75) is 38.1 Å². The van der Waals surface area contributed by atoms with Gasteiger partial charge in [0.25, 0.3) is 5.91 Å². The molecule has 0 aliphatic carbocycles. The Balaban J connectivity index is 1.42. The first-order chi connectivity index (χ1) is 15.3. The van der Waals surface area contributed by atoms with Crippen molar-refractivity contribution in [3.05, 3.63) is 64.7 Å². The fourth-order valence-electron chi connectivity index (χ4n) is 4.29. The van der Waals surface area contributed by atoms with Crippen LogP contribution in [0.25, 0.3) is 5.57 Å². The molecule has 32 heavy (non-hydrogen) atoms. The quantitative estimate of drug-likeness (QED) is 0.655. The number of benzene rings is 1. The number of ether oxygens (including phenoxy) is 1. The number of carbonyl (C=O) groups is 1. The minimum Gasteiger partial charge on any atom is -0.507 e. The van der Waals surface area contributed by atoms with Crippen LogP contribution < -0.4 is 0 Å². The molecule has 5 rings (SSSR count). The van der Waals surface area contributed by atoms with Crippen molar-refractivity contribution >= 4 is 11.5 Å². The Bertz CT molecular complexity index is 1150. The minimum atomic E-state index is -1.49. The Hall–Kier alpha value is -3.31. The lowest BCUT2D eigenvalue weighted by molar-refractivity contribution is -0.170. The number of hydrogen-bond donors (Lipinski definition) is 3. The van der Waals surface area contributed by atoms with Gasteiger partial charge < -0.3 is 29.7 Å². The molecule has 2 fully saturated rings. The fourth-order valence-corrected chi connectivity index (χ4v) is 4.29. The van der Waals surface area contributed by atoms with E-state index in [-0.39, 0.29) is 41.7 Å². The predicted octanol–water partition coefficient (Wildman–Crippen LogP) is 1.44. The van der Waals surface area contributed by atoms with Crippen molar-refractivity contribution in [2.24, 2.45) is 0 Å². The Morgan fingerprint density at radius 3 is 2.91 bits per heavy atom. The predicted molar refractivity (Wildman–Crippen MR) is 107 cm³/mol. The molecule has 2 saturated heterocycles. The van der Waals surface area contributed by atoms with Crippen molar-refractivity contribution in [3.63, 3.8) is 0 Å². The van der Waals surface area contributed by atoms with E-state index in [0.717, 1.165) is 12.1 Å². The Morgan fingerprint density at radius 2 is 2.12 bits per heavy atom. The smallest absolute Gasteiger partial charge is 0.276 e. The van der Waals surface area contributed by atoms with E-state index in [2.05, 4.69) is 15.2 Å². The van der Waals surface area contributed by atoms with Gasteiger partial charge >= 0.3 is 0 Å². The monoisotopic (exact) mass is 445 g/mol. The molecule has 2 aromatic rings. The first-order valence-electron chi connectivity index (χ1n) is 10.2. The highest BCUT2D eigenvalue weighted by Gasteiger charge is 2.45. The van der Waals surface area contributed by atoms with Crippen molar-refractivity contribution in [2.75, 3.05) is 13.2 Å². The number of aromatic amines is 1. The summed E-state index contributed by atoms with van der Waals surface area (Å²) in [7, 11) is 0. The summed E-state index contributed by atoms with van der Waals surface area (Å²) < 4.78 is 32.8. The molecule has 11 heteroatoms. The van der Waals surface area contributed by atoms with Gasteiger partial charge in [0.05, 0.1) is 13.2 Å². The number of piperazine rings is 1. The van der Waals surface area contributed by atoms with Crippen LogP contribution in [0.3, 0.4) is 0 Å². The van der Waals surface area contributed by atoms with Gasteiger partial charge in [-0.3, -0.25) is 4.79 Å². The molecule has 4 heterocycles. The van der Waals surface area contributed by atoms with Crippen molar-refractivity contribution in [3.8, 4) is 0 Å². The number of aliphatic hydroxyl groups is 2. The van der Waals surface area contributed by atoms with Gasteiger partial charge in [-0.05, 0) is 25.0 Å². The van der Waals surface area contributed by atoms with Gasteiger partial charge in [-0.15, -0.1) is 10.2 Å². The third kappa shape index (κ3) is 3.33. The summed E-state index contributed by atoms with van der Waals surface area (Å²) in [6.45, 7) is 2.73. The maximum absolute atomic E-state index is 13.9. The van der Waals surface area contributed by atoms with Gasteiger partial charge in [-0.25, -0.2) is 8.78 Å². The summed E-state index contributed by atoms with van der Waals surface area (Å²) in [6, 6.07) is 3.21. The number of aromatic nitrogens is 3. The molecule has 1 aromatic heterocycles. The lowest BCUT2D eigenvalue weighted by Gasteiger charge is -2.48. The highest BCUT2D eigenvalue weighted by molar-refractivity contribution is 5.96. The van der Waals surface area contributed by atoms with Crippen molar-refractivity contribution in [1.82, 2.24) is 25.0 Å². The second-order valence-corrected chi connectivity index (χ2v) is 8.08. The second-order valence-electron chi connectivity index (χ2n) is 8.08. The molecule has 0 spiro atoms. The van der Waals surface area contributed by atoms with Crippen LogP contribution in [0.15, 0.2) is 35.9 Å². The molecule has 3 aliphatic rings. The van der Waals surface area contributed by atoms with Crippen LogP contribution in [0, 0.1) is 11.6 Å². The average Bonchev–Trinajstić information content (AvgIpc) is 3.21. The number of rotatable bonds is 3. The van der Waals surface area contributed by atoms with E-state index < -0.39 is 35.6 Å². The minimum absolute atomic E-state index is 0.00275. The summed E-state index contributed by atoms with van der Waals surface area (Å²) in [5.74, 6) is -1.82. The number of fused-ring (bicyclic) bond motifs is 2. The van der Waals surface area contributed by atoms with E-state index in [4.69, 9.17) is 4.74 Å². The SMILES string of the molecule is C[C@@H]1CCOC2CN3C=C(c4nnc(Cc5ccc(F)cc5F)[nH]4)C(O)C(O)=C3C(=O)N21. The van der Waals surface area contributed by atoms with Gasteiger partial charge in [0, 0.05) is 30.3 Å². The largest absolute Gasteiger partial charge is 0.507 e. The normalized spacial score (nSPS) is 25.6. The number of hydrogen-bond acceptors (Lipinski definition) is 7. The van der Waals surface area contributed by atoms with Gasteiger partial charge in [-0.1, -0.05) is 6.07 Å². The molecule has 1 aromatic carbocycles. The number of aliphatic hydroxyl groups excluding tert-OH is 2. The van der Waals surface area contributed by atoms with E-state index in [0.29, 0.717) is 18.9 Å². The number of H-pyrrole nitrogens is 1. The number of carbonyl (C=O) groups excluding carboxylic acids is 1. The standard InChI is InChI=1S/C21H21F2N5O4/c1-10-4-5-32-16-9-27-8-13(18(29)19(30)17(27)21(31)28(10)16)20-24-15(25-26-20)6-11-2-3-12(22)7-14(11)23/h2-3,7-8,10,16,18,29-30H,4-6,9H2,1H3,(H,24,25,26)/t10-,16?,18?/m1/s1. The molecule has 168 valence electrons. The topological polar surface area (TPSA) is 115 Å². The lowest BCUT2D eigenvalue weighted by atomic mass is 9.99. The van der Waals surface area contributed by atoms with Crippen molar-refractivity contribution < 1.29 is 28.5 Å². The van der Waals surface area contributed by atoms with Crippen LogP contribution in [0.4, 0.5) is 8.78 Å². The van der Waals surface area contributed by atoms with Crippen LogP contribution in [0.5, 0.6) is 0 Å². The number of halogens is 2. The number of nitrogens with one attached hydrogen (secondary N) is 1. The number of amides is 1. The molecule has 2 unspecified atom stereocenters. The zero-order valence-electron chi connectivity index (χ0n) is 17.1. The Labute approximate surface area is 181 Å². The number of nitrogens with zero attached hydrogens (tertiary/aromatic N) is 4. The van der Waals surface area contributed by atoms with E-state index in [1.807, 2.05) is 6.92 Å². The first-order valence-corrected chi connectivity index (χ1v) is 10.2. The molecule has 3 atom stereocenters. The second kappa shape index (κ2) is 7.68. The lowest BCUT2D eigenvalue weighted by Crippen LogP contribution is -2.61. The zero-order valence-corrected chi connectivity index (χ0v) is 17.1. The maximum atomic E-state index is 13.9. The Kier molecular flexibility index (Phi) is 4.94. The molecule has 0 bridgehead atoms. The fraction of sp³-hybridized carbons (Fsp3) is 0.381. The molecule has 1 amide bonds. The third-order valence-corrected chi connectivity index (χ3v) is 5.98. The molecule has 0 radical (unpaired) electrons. The molecule has 9 nitrogen and oxygen atoms in total. The summed E-state index contributed by atoms with van der Waals surface area (Å²) in [4.78, 5) is 19.0. The van der Waals surface area contributed by atoms with Gasteiger partial charge in [0.2, 0.25) is 0 Å². The van der Waals surface area contributed by atoms with E-state index in [1.54, 1.807) is 9.80 Å². The molecule has 3 N–H and O–H groups in total. The zero-order chi connectivity index (χ0) is 22.6. The van der Waals surface area contributed by atoms with Crippen LogP contribution in [-0.4, -0.2) is 72.6 Å².